The molecule has 0 aliphatic carbocycles. The summed E-state index contributed by atoms with van der Waals surface area (Å²) in [4.78, 5) is 17.8. The molecular formula is C11H16F3N3O. The van der Waals surface area contributed by atoms with Gasteiger partial charge in [0.2, 0.25) is 0 Å². The standard InChI is InChI=1S/C11H16F3N3O/c1-7(2)15-5-8-6-16-9(17-10(8)18)3-4-11(12,13)14/h6-7,15H,3-5H2,1-2H3,(H,16,17,18). The molecule has 1 aromatic rings. The second kappa shape index (κ2) is 5.99. The minimum atomic E-state index is -4.24. The molecule has 0 atom stereocenters. The van der Waals surface area contributed by atoms with Crippen LogP contribution in [0.15, 0.2) is 11.0 Å². The number of hydrogen-bond acceptors (Lipinski definition) is 3. The number of hydrogen-bond donors (Lipinski definition) is 2. The molecule has 4 nitrogen and oxygen atoms in total. The fraction of sp³-hybridized carbons (Fsp3) is 0.636. The van der Waals surface area contributed by atoms with Crippen molar-refractivity contribution in [2.75, 3.05) is 0 Å². The van der Waals surface area contributed by atoms with E-state index in [0.29, 0.717) is 12.1 Å². The summed E-state index contributed by atoms with van der Waals surface area (Å²) in [6.07, 6.45) is -4.22. The molecule has 0 fully saturated rings. The summed E-state index contributed by atoms with van der Waals surface area (Å²) in [7, 11) is 0. The van der Waals surface area contributed by atoms with Crippen molar-refractivity contribution < 1.29 is 13.2 Å². The highest BCUT2D eigenvalue weighted by Gasteiger charge is 2.26. The number of aromatic amines is 1. The number of H-pyrrole nitrogens is 1. The number of aromatic nitrogens is 2. The molecule has 1 rings (SSSR count). The Hall–Kier alpha value is -1.37. The van der Waals surface area contributed by atoms with Gasteiger partial charge in [0.1, 0.15) is 5.82 Å². The van der Waals surface area contributed by atoms with Gasteiger partial charge in [-0.2, -0.15) is 13.2 Å². The zero-order valence-electron chi connectivity index (χ0n) is 10.3. The largest absolute Gasteiger partial charge is 0.389 e. The van der Waals surface area contributed by atoms with Crippen molar-refractivity contribution in [3.8, 4) is 0 Å². The lowest BCUT2D eigenvalue weighted by Crippen LogP contribution is -2.27. The first-order chi connectivity index (χ1) is 8.28. The molecule has 0 amide bonds. The van der Waals surface area contributed by atoms with E-state index in [4.69, 9.17) is 0 Å². The fourth-order valence-electron chi connectivity index (χ4n) is 1.29. The van der Waals surface area contributed by atoms with Gasteiger partial charge in [0.05, 0.1) is 6.42 Å². The van der Waals surface area contributed by atoms with Crippen molar-refractivity contribution in [3.05, 3.63) is 27.9 Å². The maximum Gasteiger partial charge on any atom is 0.389 e. The Balaban J connectivity index is 2.65. The summed E-state index contributed by atoms with van der Waals surface area (Å²) < 4.78 is 36.0. The van der Waals surface area contributed by atoms with Crippen LogP contribution >= 0.6 is 0 Å². The summed E-state index contributed by atoms with van der Waals surface area (Å²) in [5, 5.41) is 3.04. The first kappa shape index (κ1) is 14.7. The molecule has 0 saturated heterocycles. The quantitative estimate of drug-likeness (QED) is 0.851. The molecule has 0 radical (unpaired) electrons. The van der Waals surface area contributed by atoms with Gasteiger partial charge in [0, 0.05) is 30.8 Å². The van der Waals surface area contributed by atoms with Crippen LogP contribution in [0.1, 0.15) is 31.7 Å². The summed E-state index contributed by atoms with van der Waals surface area (Å²) in [5.74, 6) is 0.0608. The van der Waals surface area contributed by atoms with Gasteiger partial charge in [-0.3, -0.25) is 4.79 Å². The Bertz CT molecular complexity index is 440. The van der Waals surface area contributed by atoms with Crippen molar-refractivity contribution in [3.63, 3.8) is 0 Å². The van der Waals surface area contributed by atoms with Crippen LogP contribution in [0.2, 0.25) is 0 Å². The van der Waals surface area contributed by atoms with E-state index in [-0.39, 0.29) is 18.3 Å². The number of halogens is 3. The Labute approximate surface area is 103 Å². The zero-order chi connectivity index (χ0) is 13.8. The molecule has 1 heterocycles. The minimum absolute atomic E-state index is 0.0608. The molecule has 18 heavy (non-hydrogen) atoms. The summed E-state index contributed by atoms with van der Waals surface area (Å²) in [6, 6.07) is 0.217. The van der Waals surface area contributed by atoms with Crippen LogP contribution in [0.4, 0.5) is 13.2 Å². The van der Waals surface area contributed by atoms with Gasteiger partial charge in [0.15, 0.2) is 0 Å². The second-order valence-electron chi connectivity index (χ2n) is 4.34. The lowest BCUT2D eigenvalue weighted by molar-refractivity contribution is -0.134. The molecule has 1 aromatic heterocycles. The van der Waals surface area contributed by atoms with E-state index in [1.807, 2.05) is 13.8 Å². The number of nitrogens with zero attached hydrogens (tertiary/aromatic N) is 1. The van der Waals surface area contributed by atoms with Crippen LogP contribution in [0, 0.1) is 0 Å². The maximum atomic E-state index is 12.0. The molecule has 0 aromatic carbocycles. The lowest BCUT2D eigenvalue weighted by Gasteiger charge is -2.08. The van der Waals surface area contributed by atoms with Gasteiger partial charge in [-0.1, -0.05) is 13.8 Å². The molecule has 0 aliphatic rings. The highest BCUT2D eigenvalue weighted by molar-refractivity contribution is 5.06. The van der Waals surface area contributed by atoms with Gasteiger partial charge in [-0.05, 0) is 0 Å². The summed E-state index contributed by atoms with van der Waals surface area (Å²) in [6.45, 7) is 4.21. The predicted octanol–water partition coefficient (Wildman–Crippen LogP) is 1.76. The monoisotopic (exact) mass is 263 g/mol. The number of rotatable bonds is 5. The normalized spacial score (nSPS) is 12.1. The van der Waals surface area contributed by atoms with Gasteiger partial charge in [-0.25, -0.2) is 4.98 Å². The number of alkyl halides is 3. The third kappa shape index (κ3) is 5.31. The van der Waals surface area contributed by atoms with Gasteiger partial charge < -0.3 is 10.3 Å². The van der Waals surface area contributed by atoms with Crippen LogP contribution in [0.3, 0.4) is 0 Å². The van der Waals surface area contributed by atoms with Crippen LogP contribution in [-0.4, -0.2) is 22.2 Å². The van der Waals surface area contributed by atoms with Crippen LogP contribution in [0.25, 0.3) is 0 Å². The van der Waals surface area contributed by atoms with Crippen LogP contribution < -0.4 is 10.9 Å². The predicted molar refractivity (Wildman–Crippen MR) is 61.2 cm³/mol. The minimum Gasteiger partial charge on any atom is -0.310 e. The Morgan fingerprint density at radius 2 is 2.11 bits per heavy atom. The SMILES string of the molecule is CC(C)NCc1cnc(CCC(F)(F)F)[nH]c1=O. The van der Waals surface area contributed by atoms with Crippen molar-refractivity contribution in [2.45, 2.75) is 45.5 Å². The van der Waals surface area contributed by atoms with Crippen LogP contribution in [-0.2, 0) is 13.0 Å². The van der Waals surface area contributed by atoms with E-state index in [1.165, 1.54) is 6.20 Å². The van der Waals surface area contributed by atoms with Crippen molar-refractivity contribution in [1.29, 1.82) is 0 Å². The first-order valence-electron chi connectivity index (χ1n) is 5.65. The van der Waals surface area contributed by atoms with E-state index in [2.05, 4.69) is 15.3 Å². The third-order valence-electron chi connectivity index (χ3n) is 2.27. The number of aryl methyl sites for hydroxylation is 1. The Kier molecular flexibility index (Phi) is 4.89. The van der Waals surface area contributed by atoms with Crippen molar-refractivity contribution in [2.24, 2.45) is 0 Å². The topological polar surface area (TPSA) is 57.8 Å². The second-order valence-corrected chi connectivity index (χ2v) is 4.34. The smallest absolute Gasteiger partial charge is 0.310 e. The van der Waals surface area contributed by atoms with Crippen molar-refractivity contribution in [1.82, 2.24) is 15.3 Å². The molecular weight excluding hydrogens is 247 g/mol. The molecule has 2 N–H and O–H groups in total. The summed E-state index contributed by atoms with van der Waals surface area (Å²) in [5.41, 5.74) is 0.0229. The molecule has 0 spiro atoms. The highest BCUT2D eigenvalue weighted by atomic mass is 19.4. The molecule has 0 saturated carbocycles. The van der Waals surface area contributed by atoms with Crippen LogP contribution in [0.5, 0.6) is 0 Å². The molecule has 0 unspecified atom stereocenters. The Morgan fingerprint density at radius 1 is 1.44 bits per heavy atom. The van der Waals surface area contributed by atoms with Gasteiger partial charge in [-0.15, -0.1) is 0 Å². The van der Waals surface area contributed by atoms with E-state index in [1.54, 1.807) is 0 Å². The molecule has 102 valence electrons. The third-order valence-corrected chi connectivity index (χ3v) is 2.27. The van der Waals surface area contributed by atoms with E-state index in [9.17, 15) is 18.0 Å². The average Bonchev–Trinajstić information content (AvgIpc) is 2.24. The number of nitrogens with one attached hydrogen (secondary N) is 2. The van der Waals surface area contributed by atoms with E-state index < -0.39 is 18.2 Å². The van der Waals surface area contributed by atoms with E-state index in [0.717, 1.165) is 0 Å². The molecule has 7 heteroatoms. The highest BCUT2D eigenvalue weighted by Crippen LogP contribution is 2.20. The average molecular weight is 263 g/mol. The van der Waals surface area contributed by atoms with E-state index >= 15 is 0 Å². The fourth-order valence-corrected chi connectivity index (χ4v) is 1.29. The van der Waals surface area contributed by atoms with Crippen molar-refractivity contribution >= 4 is 0 Å². The zero-order valence-corrected chi connectivity index (χ0v) is 10.3. The maximum absolute atomic E-state index is 12.0. The lowest BCUT2D eigenvalue weighted by atomic mass is 10.2. The molecule has 0 bridgehead atoms. The first-order valence-corrected chi connectivity index (χ1v) is 5.65. The Morgan fingerprint density at radius 3 is 2.61 bits per heavy atom. The van der Waals surface area contributed by atoms with Gasteiger partial charge >= 0.3 is 6.18 Å². The van der Waals surface area contributed by atoms with Gasteiger partial charge in [0.25, 0.3) is 5.56 Å². The molecule has 0 aliphatic heterocycles. The summed E-state index contributed by atoms with van der Waals surface area (Å²) >= 11 is 0.